The molecule has 0 spiro atoms. The van der Waals surface area contributed by atoms with Crippen molar-refractivity contribution in [3.8, 4) is 0 Å². The summed E-state index contributed by atoms with van der Waals surface area (Å²) in [5.41, 5.74) is 9.58. The Bertz CT molecular complexity index is 502. The van der Waals surface area contributed by atoms with Crippen molar-refractivity contribution in [1.82, 2.24) is 0 Å². The molecule has 19 heavy (non-hydrogen) atoms. The molecule has 0 saturated carbocycles. The first-order valence-electron chi connectivity index (χ1n) is 7.31. The third-order valence-corrected chi connectivity index (χ3v) is 11.7. The fourth-order valence-corrected chi connectivity index (χ4v) is 8.72. The molecule has 0 aliphatic heterocycles. The monoisotopic (exact) mass is 362 g/mol. The first-order valence-corrected chi connectivity index (χ1v) is 10.2. The normalized spacial score (nSPS) is 28.4. The van der Waals surface area contributed by atoms with Gasteiger partial charge < -0.3 is 0 Å². The zero-order valence-corrected chi connectivity index (χ0v) is 16.5. The van der Waals surface area contributed by atoms with Gasteiger partial charge in [0.05, 0.1) is 0 Å². The summed E-state index contributed by atoms with van der Waals surface area (Å²) in [4.78, 5) is 0. The van der Waals surface area contributed by atoms with Crippen molar-refractivity contribution in [3.63, 3.8) is 0 Å². The van der Waals surface area contributed by atoms with E-state index in [0.717, 1.165) is 0 Å². The molecule has 0 aromatic heterocycles. The average Bonchev–Trinajstić information content (AvgIpc) is 2.68. The van der Waals surface area contributed by atoms with Crippen LogP contribution >= 0.6 is 0 Å². The number of hydrogen-bond acceptors (Lipinski definition) is 0. The van der Waals surface area contributed by atoms with E-state index in [1.165, 1.54) is 0 Å². The summed E-state index contributed by atoms with van der Waals surface area (Å²) >= 11 is -0.601. The van der Waals surface area contributed by atoms with E-state index in [2.05, 4.69) is 55.4 Å². The second-order valence-electron chi connectivity index (χ2n) is 6.26. The van der Waals surface area contributed by atoms with Crippen LogP contribution in [0.3, 0.4) is 0 Å². The molecular weight excluding hydrogens is 335 g/mol. The zero-order chi connectivity index (χ0) is 14.5. The summed E-state index contributed by atoms with van der Waals surface area (Å²) in [5.74, 6) is 1.42. The van der Waals surface area contributed by atoms with Crippen LogP contribution in [0.2, 0.25) is 0 Å². The van der Waals surface area contributed by atoms with Crippen LogP contribution < -0.4 is 0 Å². The molecule has 2 radical (unpaired) electrons. The van der Waals surface area contributed by atoms with Crippen molar-refractivity contribution in [2.24, 2.45) is 11.8 Å². The fourth-order valence-electron chi connectivity index (χ4n) is 3.28. The molecule has 0 N–H and O–H groups in total. The minimum absolute atomic E-state index is 0.601. The van der Waals surface area contributed by atoms with E-state index in [-0.39, 0.29) is 0 Å². The molecule has 0 bridgehead atoms. The molecule has 2 unspecified atom stereocenters. The quantitative estimate of drug-likeness (QED) is 0.593. The first-order chi connectivity index (χ1) is 8.77. The van der Waals surface area contributed by atoms with Gasteiger partial charge >= 0.3 is 129 Å². The van der Waals surface area contributed by atoms with Gasteiger partial charge in [-0.05, 0) is 0 Å². The standard InChI is InChI=1S/2C9H13.Sn/c2*1-6-5-7(2)9(4)8(6)3;/h2*6H,1-4H3;. The summed E-state index contributed by atoms with van der Waals surface area (Å²) < 4.78 is 3.64. The predicted octanol–water partition coefficient (Wildman–Crippen LogP) is 5.21. The molecule has 2 atom stereocenters. The maximum atomic E-state index is 2.41. The van der Waals surface area contributed by atoms with Gasteiger partial charge in [0.15, 0.2) is 0 Å². The van der Waals surface area contributed by atoms with Crippen molar-refractivity contribution in [3.05, 3.63) is 40.6 Å². The van der Waals surface area contributed by atoms with Gasteiger partial charge in [-0.1, -0.05) is 0 Å². The molecule has 0 aromatic rings. The summed E-state index contributed by atoms with van der Waals surface area (Å²) in [6, 6.07) is 0. The Labute approximate surface area is 129 Å². The van der Waals surface area contributed by atoms with Gasteiger partial charge in [-0.2, -0.15) is 0 Å². The Morgan fingerprint density at radius 1 is 0.579 bits per heavy atom. The Balaban J connectivity index is 2.32. The number of rotatable bonds is 2. The van der Waals surface area contributed by atoms with E-state index in [4.69, 9.17) is 0 Å². The van der Waals surface area contributed by atoms with E-state index in [1.807, 2.05) is 7.18 Å². The van der Waals surface area contributed by atoms with Crippen LogP contribution in [0.1, 0.15) is 55.4 Å². The summed E-state index contributed by atoms with van der Waals surface area (Å²) in [5, 5.41) is 0. The van der Waals surface area contributed by atoms with Crippen molar-refractivity contribution < 1.29 is 0 Å². The molecule has 0 fully saturated rings. The van der Waals surface area contributed by atoms with Gasteiger partial charge in [0, 0.05) is 0 Å². The molecule has 0 nitrogen and oxygen atoms in total. The van der Waals surface area contributed by atoms with Crippen LogP contribution in [-0.2, 0) is 0 Å². The molecule has 1 heteroatoms. The molecule has 0 aromatic carbocycles. The van der Waals surface area contributed by atoms with Crippen LogP contribution in [0.5, 0.6) is 0 Å². The Morgan fingerprint density at radius 2 is 0.895 bits per heavy atom. The van der Waals surface area contributed by atoms with Gasteiger partial charge in [-0.25, -0.2) is 0 Å². The van der Waals surface area contributed by atoms with E-state index in [9.17, 15) is 0 Å². The van der Waals surface area contributed by atoms with Crippen molar-refractivity contribution in [1.29, 1.82) is 0 Å². The average molecular weight is 361 g/mol. The van der Waals surface area contributed by atoms with Crippen molar-refractivity contribution >= 4 is 21.1 Å². The topological polar surface area (TPSA) is 0 Å². The van der Waals surface area contributed by atoms with Crippen LogP contribution in [0, 0.1) is 11.8 Å². The first kappa shape index (κ1) is 15.2. The van der Waals surface area contributed by atoms with Gasteiger partial charge in [0.25, 0.3) is 0 Å². The van der Waals surface area contributed by atoms with E-state index in [0.29, 0.717) is 11.8 Å². The fraction of sp³-hybridized carbons (Fsp3) is 0.556. The van der Waals surface area contributed by atoms with Gasteiger partial charge in [0.1, 0.15) is 0 Å². The predicted molar refractivity (Wildman–Crippen MR) is 86.2 cm³/mol. The minimum atomic E-state index is -0.601. The van der Waals surface area contributed by atoms with Crippen LogP contribution in [0.15, 0.2) is 40.6 Å². The Hall–Kier alpha value is -0.241. The van der Waals surface area contributed by atoms with E-state index in [1.54, 1.807) is 33.4 Å². The van der Waals surface area contributed by atoms with Gasteiger partial charge in [-0.3, -0.25) is 0 Å². The van der Waals surface area contributed by atoms with Gasteiger partial charge in [0.2, 0.25) is 0 Å². The van der Waals surface area contributed by atoms with Crippen molar-refractivity contribution in [2.75, 3.05) is 0 Å². The second-order valence-corrected chi connectivity index (χ2v) is 10.1. The molecule has 0 amide bonds. The van der Waals surface area contributed by atoms with E-state index >= 15 is 0 Å². The Morgan fingerprint density at radius 3 is 1.11 bits per heavy atom. The summed E-state index contributed by atoms with van der Waals surface area (Å²) in [6.07, 6.45) is 0. The van der Waals surface area contributed by atoms with Crippen LogP contribution in [-0.4, -0.2) is 21.1 Å². The zero-order valence-electron chi connectivity index (χ0n) is 13.7. The van der Waals surface area contributed by atoms with Crippen LogP contribution in [0.4, 0.5) is 0 Å². The maximum absolute atomic E-state index is 2.41. The van der Waals surface area contributed by atoms with Gasteiger partial charge in [-0.15, -0.1) is 0 Å². The summed E-state index contributed by atoms with van der Waals surface area (Å²) in [6.45, 7) is 18.8. The number of hydrogen-bond donors (Lipinski definition) is 0. The number of allylic oxidation sites excluding steroid dienone is 8. The molecule has 0 heterocycles. The molecule has 2 rings (SSSR count). The molecule has 0 saturated heterocycles. The molecule has 2 aliphatic carbocycles. The SMILES string of the molecule is CC1=C(C)C(C)[C]([Sn][C]2=C(C)C(C)=C(C)C2C)=C1C. The van der Waals surface area contributed by atoms with Crippen molar-refractivity contribution in [2.45, 2.75) is 55.4 Å². The van der Waals surface area contributed by atoms with Crippen LogP contribution in [0.25, 0.3) is 0 Å². The molecule has 2 aliphatic rings. The summed E-state index contributed by atoms with van der Waals surface area (Å²) in [7, 11) is 0. The molecular formula is C18H26Sn. The molecule has 102 valence electrons. The Kier molecular flexibility index (Phi) is 4.20. The third kappa shape index (κ3) is 2.30. The third-order valence-electron chi connectivity index (χ3n) is 5.55. The second kappa shape index (κ2) is 5.27. The van der Waals surface area contributed by atoms with E-state index < -0.39 is 21.1 Å².